The van der Waals surface area contributed by atoms with Crippen molar-refractivity contribution in [2.45, 2.75) is 43.9 Å². The van der Waals surface area contributed by atoms with Crippen LogP contribution in [0.25, 0.3) is 11.1 Å². The summed E-state index contributed by atoms with van der Waals surface area (Å²) in [6, 6.07) is 13.9. The molecule has 0 aliphatic heterocycles. The van der Waals surface area contributed by atoms with Crippen LogP contribution in [-0.4, -0.2) is 55.0 Å². The van der Waals surface area contributed by atoms with E-state index in [0.29, 0.717) is 0 Å². The predicted molar refractivity (Wildman–Crippen MR) is 121 cm³/mol. The molecule has 0 spiro atoms. The second-order valence-electron chi connectivity index (χ2n) is 8.55. The van der Waals surface area contributed by atoms with Crippen molar-refractivity contribution in [3.8, 4) is 11.1 Å². The molecule has 8 heteroatoms. The van der Waals surface area contributed by atoms with Gasteiger partial charge in [0.1, 0.15) is 18.7 Å². The fourth-order valence-electron chi connectivity index (χ4n) is 4.35. The molecule has 0 bridgehead atoms. The monoisotopic (exact) mass is 452 g/mol. The van der Waals surface area contributed by atoms with Crippen molar-refractivity contribution in [1.29, 1.82) is 0 Å². The number of hydrogen-bond donors (Lipinski definition) is 3. The molecule has 0 heterocycles. The molecule has 2 aliphatic rings. The second kappa shape index (κ2) is 9.62. The van der Waals surface area contributed by atoms with E-state index in [1.165, 1.54) is 7.11 Å². The summed E-state index contributed by atoms with van der Waals surface area (Å²) in [6.07, 6.45) is 0.0571. The average molecular weight is 453 g/mol. The van der Waals surface area contributed by atoms with Crippen LogP contribution < -0.4 is 10.6 Å². The molecule has 2 aromatic carbocycles. The summed E-state index contributed by atoms with van der Waals surface area (Å²) in [4.78, 5) is 36.9. The van der Waals surface area contributed by atoms with Crippen LogP contribution >= 0.6 is 0 Å². The zero-order valence-electron chi connectivity index (χ0n) is 18.6. The number of fused-ring (bicyclic) bond motifs is 3. The van der Waals surface area contributed by atoms with Crippen LogP contribution in [0.15, 0.2) is 48.5 Å². The molecule has 3 N–H and O–H groups in total. The quantitative estimate of drug-likeness (QED) is 0.539. The van der Waals surface area contributed by atoms with Crippen molar-refractivity contribution in [2.75, 3.05) is 13.7 Å². The fourth-order valence-corrected chi connectivity index (χ4v) is 4.35. The summed E-state index contributed by atoms with van der Waals surface area (Å²) in [7, 11) is 1.42. The van der Waals surface area contributed by atoms with Gasteiger partial charge in [0, 0.05) is 13.0 Å². The maximum Gasteiger partial charge on any atom is 0.407 e. The first-order valence-corrected chi connectivity index (χ1v) is 11.1. The molecule has 8 nitrogen and oxygen atoms in total. The van der Waals surface area contributed by atoms with Gasteiger partial charge in [0.2, 0.25) is 5.91 Å². The summed E-state index contributed by atoms with van der Waals surface area (Å²) in [5.74, 6) is -1.89. The molecule has 2 amide bonds. The Bertz CT molecular complexity index is 1010. The topological polar surface area (TPSA) is 114 Å². The van der Waals surface area contributed by atoms with Crippen LogP contribution in [0.3, 0.4) is 0 Å². The van der Waals surface area contributed by atoms with Gasteiger partial charge in [-0.1, -0.05) is 48.5 Å². The maximum absolute atomic E-state index is 12.8. The number of carbonyl (C=O) groups is 3. The number of amides is 2. The lowest BCUT2D eigenvalue weighted by Crippen LogP contribution is -2.56. The molecule has 0 saturated heterocycles. The lowest BCUT2D eigenvalue weighted by Gasteiger charge is -2.25. The molecule has 0 aromatic heterocycles. The van der Waals surface area contributed by atoms with Crippen LogP contribution in [-0.2, 0) is 19.1 Å². The highest BCUT2D eigenvalue weighted by molar-refractivity contribution is 5.90. The van der Waals surface area contributed by atoms with Gasteiger partial charge in [0.15, 0.2) is 0 Å². The molecular formula is C25H28N2O6. The zero-order chi connectivity index (χ0) is 23.5. The molecule has 1 fully saturated rings. The van der Waals surface area contributed by atoms with Crippen molar-refractivity contribution < 1.29 is 29.0 Å². The average Bonchev–Trinajstić information content (AvgIpc) is 3.61. The summed E-state index contributed by atoms with van der Waals surface area (Å²) in [5, 5.41) is 14.5. The number of rotatable bonds is 9. The molecule has 174 valence electrons. The van der Waals surface area contributed by atoms with Gasteiger partial charge in [-0.15, -0.1) is 0 Å². The fraction of sp³-hybridized carbons (Fsp3) is 0.400. The number of alkyl carbamates (subject to hydrolysis) is 1. The maximum atomic E-state index is 12.8. The summed E-state index contributed by atoms with van der Waals surface area (Å²) in [5.41, 5.74) is 4.40. The van der Waals surface area contributed by atoms with Gasteiger partial charge in [0.05, 0.1) is 6.10 Å². The third-order valence-corrected chi connectivity index (χ3v) is 6.40. The van der Waals surface area contributed by atoms with Gasteiger partial charge in [-0.05, 0) is 47.9 Å². The number of aliphatic carboxylic acids is 1. The minimum atomic E-state index is -1.09. The van der Waals surface area contributed by atoms with E-state index in [-0.39, 0.29) is 18.4 Å². The molecule has 4 rings (SSSR count). The van der Waals surface area contributed by atoms with E-state index in [4.69, 9.17) is 9.47 Å². The Kier molecular flexibility index (Phi) is 6.65. The van der Waals surface area contributed by atoms with E-state index < -0.39 is 36.2 Å². The standard InChI is InChI=1S/C25H28N2O6/c1-14(32-2)21(23(28)26-22(24(29)30)15-11-12-15)27-25(31)33-13-20-18-9-5-3-7-16(18)17-8-4-6-10-19(17)20/h3-10,14-15,20-22H,11-13H2,1-2H3,(H,26,28)(H,27,31)(H,29,30). The Labute approximate surface area is 192 Å². The number of hydrogen-bond acceptors (Lipinski definition) is 5. The Morgan fingerprint density at radius 2 is 1.58 bits per heavy atom. The number of carbonyl (C=O) groups excluding carboxylic acids is 2. The van der Waals surface area contributed by atoms with Crippen LogP contribution in [0, 0.1) is 5.92 Å². The highest BCUT2D eigenvalue weighted by atomic mass is 16.5. The van der Waals surface area contributed by atoms with Crippen molar-refractivity contribution in [2.24, 2.45) is 5.92 Å². The van der Waals surface area contributed by atoms with Gasteiger partial charge < -0.3 is 25.2 Å². The van der Waals surface area contributed by atoms with Crippen LogP contribution in [0.5, 0.6) is 0 Å². The van der Waals surface area contributed by atoms with E-state index in [1.54, 1.807) is 6.92 Å². The summed E-state index contributed by atoms with van der Waals surface area (Å²) < 4.78 is 10.8. The lowest BCUT2D eigenvalue weighted by atomic mass is 9.98. The first-order chi connectivity index (χ1) is 15.9. The van der Waals surface area contributed by atoms with Gasteiger partial charge >= 0.3 is 12.1 Å². The summed E-state index contributed by atoms with van der Waals surface area (Å²) in [6.45, 7) is 1.73. The number of ether oxygens (including phenoxy) is 2. The number of benzene rings is 2. The van der Waals surface area contributed by atoms with Crippen molar-refractivity contribution >= 4 is 18.0 Å². The summed E-state index contributed by atoms with van der Waals surface area (Å²) >= 11 is 0. The third-order valence-electron chi connectivity index (χ3n) is 6.40. The largest absolute Gasteiger partial charge is 0.480 e. The molecule has 2 aliphatic carbocycles. The Morgan fingerprint density at radius 1 is 1.00 bits per heavy atom. The minimum Gasteiger partial charge on any atom is -0.480 e. The molecule has 3 unspecified atom stereocenters. The predicted octanol–water partition coefficient (Wildman–Crippen LogP) is 2.91. The molecule has 33 heavy (non-hydrogen) atoms. The number of methoxy groups -OCH3 is 1. The normalized spacial score (nSPS) is 17.3. The third kappa shape index (κ3) is 4.85. The Balaban J connectivity index is 1.42. The molecule has 1 saturated carbocycles. The van der Waals surface area contributed by atoms with Crippen molar-refractivity contribution in [3.05, 3.63) is 59.7 Å². The SMILES string of the molecule is COC(C)C(NC(=O)OCC1c2ccccc2-c2ccccc21)C(=O)NC(C(=O)O)C1CC1. The first-order valence-electron chi connectivity index (χ1n) is 11.1. The van der Waals surface area contributed by atoms with Crippen LogP contribution in [0.1, 0.15) is 36.8 Å². The van der Waals surface area contributed by atoms with E-state index in [0.717, 1.165) is 35.1 Å². The van der Waals surface area contributed by atoms with E-state index in [2.05, 4.69) is 10.6 Å². The lowest BCUT2D eigenvalue weighted by molar-refractivity contribution is -0.143. The number of carboxylic acid groups (broad SMARTS) is 1. The highest BCUT2D eigenvalue weighted by Gasteiger charge is 2.39. The highest BCUT2D eigenvalue weighted by Crippen LogP contribution is 2.44. The van der Waals surface area contributed by atoms with Crippen molar-refractivity contribution in [3.63, 3.8) is 0 Å². The Hall–Kier alpha value is -3.39. The molecular weight excluding hydrogens is 424 g/mol. The molecule has 0 radical (unpaired) electrons. The van der Waals surface area contributed by atoms with Crippen LogP contribution in [0.2, 0.25) is 0 Å². The first kappa shape index (κ1) is 22.8. The minimum absolute atomic E-state index is 0.0839. The van der Waals surface area contributed by atoms with Crippen molar-refractivity contribution in [1.82, 2.24) is 10.6 Å². The number of carboxylic acids is 1. The molecule has 3 atom stereocenters. The van der Waals surface area contributed by atoms with Gasteiger partial charge in [-0.2, -0.15) is 0 Å². The Morgan fingerprint density at radius 3 is 2.09 bits per heavy atom. The molecule has 2 aromatic rings. The van der Waals surface area contributed by atoms with E-state index in [9.17, 15) is 19.5 Å². The van der Waals surface area contributed by atoms with Gasteiger partial charge in [0.25, 0.3) is 0 Å². The van der Waals surface area contributed by atoms with Gasteiger partial charge in [-0.25, -0.2) is 9.59 Å². The zero-order valence-corrected chi connectivity index (χ0v) is 18.6. The smallest absolute Gasteiger partial charge is 0.407 e. The van der Waals surface area contributed by atoms with E-state index >= 15 is 0 Å². The van der Waals surface area contributed by atoms with Crippen LogP contribution in [0.4, 0.5) is 4.79 Å². The van der Waals surface area contributed by atoms with Gasteiger partial charge in [-0.3, -0.25) is 4.79 Å². The van der Waals surface area contributed by atoms with E-state index in [1.807, 2.05) is 48.5 Å². The number of nitrogens with one attached hydrogen (secondary N) is 2. The second-order valence-corrected chi connectivity index (χ2v) is 8.55.